The van der Waals surface area contributed by atoms with E-state index in [0.29, 0.717) is 0 Å². The number of fused-ring (bicyclic) bond motifs is 7. The van der Waals surface area contributed by atoms with E-state index in [2.05, 4.69) is 25.2 Å². The fourth-order valence-electron chi connectivity index (χ4n) is 8.53. The molecule has 0 saturated carbocycles. The summed E-state index contributed by atoms with van der Waals surface area (Å²) in [6, 6.07) is 4.84. The van der Waals surface area contributed by atoms with Crippen LogP contribution in [0.1, 0.15) is 51.0 Å². The number of carbonyl (C=O) groups is 1. The molecule has 9 rings (SSSR count). The maximum atomic E-state index is 17.2. The van der Waals surface area contributed by atoms with Crippen LogP contribution in [-0.4, -0.2) is 88.1 Å². The molecule has 2 atom stereocenters. The van der Waals surface area contributed by atoms with Crippen molar-refractivity contribution in [3.05, 3.63) is 47.7 Å². The molecule has 6 bridgehead atoms. The zero-order valence-electron chi connectivity index (χ0n) is 28.7. The van der Waals surface area contributed by atoms with Gasteiger partial charge in [-0.3, -0.25) is 9.88 Å². The third-order valence-corrected chi connectivity index (χ3v) is 11.2. The molecule has 1 amide bonds. The van der Waals surface area contributed by atoms with E-state index in [9.17, 15) is 18.0 Å². The summed E-state index contributed by atoms with van der Waals surface area (Å²) in [5.74, 6) is -1.77. The number of amides is 1. The van der Waals surface area contributed by atoms with E-state index in [1.165, 1.54) is 24.4 Å². The highest BCUT2D eigenvalue weighted by atomic mass is 32.2. The molecule has 3 fully saturated rings. The minimum Gasteiger partial charge on any atom is -0.461 e. The van der Waals surface area contributed by atoms with Crippen LogP contribution in [0, 0.1) is 11.6 Å². The lowest BCUT2D eigenvalue weighted by atomic mass is 9.90. The van der Waals surface area contributed by atoms with Crippen molar-refractivity contribution < 1.29 is 44.8 Å². The molecule has 7 heterocycles. The second-order valence-electron chi connectivity index (χ2n) is 14.5. The Morgan fingerprint density at radius 2 is 1.91 bits per heavy atom. The van der Waals surface area contributed by atoms with Crippen molar-refractivity contribution in [1.29, 1.82) is 0 Å². The third-order valence-electron chi connectivity index (χ3n) is 10.7. The van der Waals surface area contributed by atoms with Gasteiger partial charge in [-0.25, -0.2) is 18.0 Å². The molecule has 282 valence electrons. The molecule has 0 spiro atoms. The molecule has 17 heteroatoms. The lowest BCUT2D eigenvalue weighted by Crippen LogP contribution is -2.60. The number of nitrogens with one attached hydrogen (secondary N) is 1. The van der Waals surface area contributed by atoms with Gasteiger partial charge in [-0.05, 0) is 93.1 Å². The van der Waals surface area contributed by atoms with Gasteiger partial charge in [0.25, 0.3) is 0 Å². The Labute approximate surface area is 304 Å². The van der Waals surface area contributed by atoms with Crippen LogP contribution in [-0.2, 0) is 11.2 Å². The lowest BCUT2D eigenvalue weighted by molar-refractivity contribution is -0.0369. The van der Waals surface area contributed by atoms with E-state index in [1.807, 2.05) is 0 Å². The molecular formula is C36H36F6N6O4S. The van der Waals surface area contributed by atoms with Crippen LogP contribution >= 0.6 is 12.0 Å². The number of alkyl carbamates (subject to hydrolysis) is 1. The first-order valence-electron chi connectivity index (χ1n) is 17.6. The van der Waals surface area contributed by atoms with Gasteiger partial charge < -0.3 is 23.9 Å². The highest BCUT2D eigenvalue weighted by Gasteiger charge is 2.45. The maximum absolute atomic E-state index is 17.2. The van der Waals surface area contributed by atoms with Crippen LogP contribution in [0.15, 0.2) is 30.5 Å². The third kappa shape index (κ3) is 6.97. The first-order valence-corrected chi connectivity index (χ1v) is 18.3. The standard InChI is InChI=1S/C36H36F6N6O4S/c1-34-15-21(37)17-47(18-34)31-25-16-43-29(28(39)30(25)44-32(45-31)51-19-35-8-3-10-48(35)11-4-9-35)24-14-22(52-53-36(40,41)42)13-20-6-7-26(38)23(27(20)24)5-2-12-50-33(49)46-34/h6-7,13-14,16,21H,2-5,8-12,15,17-19H2,1H3,(H,46,49). The number of aromatic nitrogens is 3. The first-order chi connectivity index (χ1) is 25.3. The summed E-state index contributed by atoms with van der Waals surface area (Å²) in [6.45, 7) is 3.61. The number of halogens is 6. The predicted molar refractivity (Wildman–Crippen MR) is 186 cm³/mol. The van der Waals surface area contributed by atoms with Crippen molar-refractivity contribution in [2.45, 2.75) is 74.6 Å². The normalized spacial score (nSPS) is 23.3. The van der Waals surface area contributed by atoms with Gasteiger partial charge in [0.2, 0.25) is 0 Å². The highest BCUT2D eigenvalue weighted by molar-refractivity contribution is 7.95. The van der Waals surface area contributed by atoms with Gasteiger partial charge in [-0.1, -0.05) is 6.07 Å². The van der Waals surface area contributed by atoms with E-state index < -0.39 is 47.0 Å². The number of aryl methyl sites for hydroxylation is 1. The number of alkyl halides is 4. The van der Waals surface area contributed by atoms with Gasteiger partial charge in [0.05, 0.1) is 29.6 Å². The SMILES string of the molecule is CC12CC(F)CN(C1)c1nc(OCC34CCCN3CCC4)nc3c(F)c(ncc13)-c1cc(OSC(F)(F)F)cc3ccc(F)c(c13)CCCOC(=O)N2. The van der Waals surface area contributed by atoms with Gasteiger partial charge in [0, 0.05) is 24.7 Å². The van der Waals surface area contributed by atoms with Crippen molar-refractivity contribution in [2.24, 2.45) is 0 Å². The smallest absolute Gasteiger partial charge is 0.461 e. The zero-order chi connectivity index (χ0) is 37.1. The summed E-state index contributed by atoms with van der Waals surface area (Å²) >= 11 is -0.741. The van der Waals surface area contributed by atoms with Crippen molar-refractivity contribution >= 4 is 45.6 Å². The van der Waals surface area contributed by atoms with Gasteiger partial charge in [-0.2, -0.15) is 23.1 Å². The Bertz CT molecular complexity index is 2080. The average Bonchev–Trinajstić information content (AvgIpc) is 3.68. The molecule has 1 N–H and O–H groups in total. The number of carbonyl (C=O) groups excluding carboxylic acids is 1. The van der Waals surface area contributed by atoms with E-state index in [4.69, 9.17) is 13.7 Å². The van der Waals surface area contributed by atoms with Gasteiger partial charge in [-0.15, -0.1) is 0 Å². The molecule has 4 aromatic rings. The number of hydrogen-bond acceptors (Lipinski definition) is 10. The zero-order valence-corrected chi connectivity index (χ0v) is 29.5. The molecule has 0 aliphatic carbocycles. The largest absolute Gasteiger partial charge is 0.479 e. The molecule has 10 nitrogen and oxygen atoms in total. The minimum atomic E-state index is -4.74. The first kappa shape index (κ1) is 35.8. The summed E-state index contributed by atoms with van der Waals surface area (Å²) < 4.78 is 105. The predicted octanol–water partition coefficient (Wildman–Crippen LogP) is 7.66. The molecule has 5 aliphatic heterocycles. The van der Waals surface area contributed by atoms with Crippen molar-refractivity contribution in [1.82, 2.24) is 25.2 Å². The van der Waals surface area contributed by atoms with Crippen LogP contribution in [0.5, 0.6) is 11.8 Å². The number of anilines is 1. The molecule has 0 radical (unpaired) electrons. The molecule has 3 saturated heterocycles. The molecule has 2 unspecified atom stereocenters. The number of nitrogens with zero attached hydrogens (tertiary/aromatic N) is 5. The quantitative estimate of drug-likeness (QED) is 0.161. The number of piperidine rings is 1. The number of rotatable bonds is 5. The second-order valence-corrected chi connectivity index (χ2v) is 15.3. The van der Waals surface area contributed by atoms with Crippen LogP contribution < -0.4 is 19.1 Å². The topological polar surface area (TPSA) is 102 Å². The second kappa shape index (κ2) is 13.6. The van der Waals surface area contributed by atoms with Gasteiger partial charge in [0.15, 0.2) is 17.9 Å². The Balaban J connectivity index is 1.33. The number of benzene rings is 2. The van der Waals surface area contributed by atoms with E-state index in [0.717, 1.165) is 44.8 Å². The van der Waals surface area contributed by atoms with Crippen LogP contribution in [0.4, 0.5) is 37.0 Å². The van der Waals surface area contributed by atoms with E-state index >= 15 is 13.2 Å². The molecular weight excluding hydrogens is 726 g/mol. The number of pyridine rings is 1. The fourth-order valence-corrected chi connectivity index (χ4v) is 8.82. The Kier molecular flexibility index (Phi) is 9.15. The Hall–Kier alpha value is -4.25. The summed E-state index contributed by atoms with van der Waals surface area (Å²) in [6.07, 6.45) is 3.08. The summed E-state index contributed by atoms with van der Waals surface area (Å²) in [5.41, 5.74) is -6.57. The van der Waals surface area contributed by atoms with Gasteiger partial charge >= 0.3 is 17.6 Å². The van der Waals surface area contributed by atoms with E-state index in [1.54, 1.807) is 11.8 Å². The number of hydrogen-bond donors (Lipinski definition) is 1. The van der Waals surface area contributed by atoms with Crippen molar-refractivity contribution in [3.63, 3.8) is 0 Å². The molecule has 2 aromatic heterocycles. The van der Waals surface area contributed by atoms with Crippen molar-refractivity contribution in [2.75, 3.05) is 44.3 Å². The monoisotopic (exact) mass is 762 g/mol. The highest BCUT2D eigenvalue weighted by Crippen LogP contribution is 2.43. The van der Waals surface area contributed by atoms with Crippen molar-refractivity contribution in [3.8, 4) is 23.0 Å². The van der Waals surface area contributed by atoms with Crippen LogP contribution in [0.25, 0.3) is 32.9 Å². The summed E-state index contributed by atoms with van der Waals surface area (Å²) in [5, 5.41) is 3.34. The minimum absolute atomic E-state index is 0.0107. The summed E-state index contributed by atoms with van der Waals surface area (Å²) in [7, 11) is 0. The molecule has 53 heavy (non-hydrogen) atoms. The molecule has 5 aliphatic rings. The maximum Gasteiger partial charge on any atom is 0.479 e. The van der Waals surface area contributed by atoms with Gasteiger partial charge in [0.1, 0.15) is 41.4 Å². The number of ether oxygens (including phenoxy) is 2. The van der Waals surface area contributed by atoms with E-state index in [-0.39, 0.29) is 107 Å². The fraction of sp³-hybridized carbons (Fsp3) is 0.500. The van der Waals surface area contributed by atoms with Crippen LogP contribution in [0.3, 0.4) is 0 Å². The average molecular weight is 763 g/mol. The summed E-state index contributed by atoms with van der Waals surface area (Å²) in [4.78, 5) is 30.6. The molecule has 2 aromatic carbocycles. The lowest BCUT2D eigenvalue weighted by Gasteiger charge is -2.42. The Morgan fingerprint density at radius 3 is 2.68 bits per heavy atom. The Morgan fingerprint density at radius 1 is 1.11 bits per heavy atom. The van der Waals surface area contributed by atoms with Crippen LogP contribution in [0.2, 0.25) is 0 Å².